The van der Waals surface area contributed by atoms with Crippen LogP contribution in [0.15, 0.2) is 0 Å². The average molecular weight is 431 g/mol. The summed E-state index contributed by atoms with van der Waals surface area (Å²) in [6, 6.07) is 0. The Labute approximate surface area is 194 Å². The Hall–Kier alpha value is 0.340. The van der Waals surface area contributed by atoms with E-state index in [-0.39, 0.29) is 35.5 Å². The number of carbonyl (C=O) groups excluding carboxylic acids is 1. The average Bonchev–Trinajstić information content (AvgIpc) is 2.57. The molecule has 0 heterocycles. The molecule has 28 heavy (non-hydrogen) atoms. The second-order valence-electron chi connectivity index (χ2n) is 7.29. The van der Waals surface area contributed by atoms with Crippen molar-refractivity contribution in [3.63, 3.8) is 0 Å². The van der Waals surface area contributed by atoms with Crippen molar-refractivity contribution >= 4 is 16.4 Å². The molecule has 0 spiro atoms. The minimum absolute atomic E-state index is 0. The number of unbranched alkanes of at least 4 members (excludes halogenated alkanes) is 11. The van der Waals surface area contributed by atoms with Gasteiger partial charge in [0, 0.05) is 6.92 Å². The topological polar surface area (TPSA) is 92.7 Å². The number of hydrogen-bond donors (Lipinski definition) is 0. The second-order valence-corrected chi connectivity index (χ2v) is 8.30. The predicted octanol–water partition coefficient (Wildman–Crippen LogP) is 2.27. The van der Waals surface area contributed by atoms with Crippen LogP contribution in [-0.2, 0) is 24.1 Å². The van der Waals surface area contributed by atoms with E-state index in [0.29, 0.717) is 19.4 Å². The summed E-state index contributed by atoms with van der Waals surface area (Å²) in [6.07, 6.45) is 14.7. The molecule has 6 nitrogen and oxygen atoms in total. The van der Waals surface area contributed by atoms with Crippen LogP contribution < -0.4 is 29.6 Å². The fourth-order valence-electron chi connectivity index (χ4n) is 3.13. The van der Waals surface area contributed by atoms with E-state index in [1.165, 1.54) is 26.2 Å². The number of hydrogen-bond acceptors (Lipinski definition) is 6. The van der Waals surface area contributed by atoms with E-state index in [2.05, 4.69) is 6.92 Å². The molecule has 0 fully saturated rings. The molecule has 0 amide bonds. The van der Waals surface area contributed by atoms with Crippen LogP contribution in [-0.4, -0.2) is 31.7 Å². The van der Waals surface area contributed by atoms with Crippen molar-refractivity contribution in [1.82, 2.24) is 0 Å². The molecule has 1 atom stereocenters. The fraction of sp³-hybridized carbons (Fsp3) is 0.950. The van der Waals surface area contributed by atoms with Gasteiger partial charge in [-0.15, -0.1) is 0 Å². The molecule has 0 aliphatic carbocycles. The summed E-state index contributed by atoms with van der Waals surface area (Å²) in [5.41, 5.74) is 0. The van der Waals surface area contributed by atoms with Gasteiger partial charge in [0.2, 0.25) is 10.4 Å². The molecular weight excluding hydrogens is 391 g/mol. The first-order chi connectivity index (χ1) is 12.8. The van der Waals surface area contributed by atoms with Crippen LogP contribution in [0.2, 0.25) is 0 Å². The van der Waals surface area contributed by atoms with Crippen LogP contribution >= 0.6 is 0 Å². The molecule has 0 aromatic rings. The summed E-state index contributed by atoms with van der Waals surface area (Å²) in [5.74, 6) is -0.229. The monoisotopic (exact) mass is 430 g/mol. The minimum Gasteiger partial charge on any atom is -0.726 e. The molecule has 0 rings (SSSR count). The van der Waals surface area contributed by atoms with E-state index in [1.54, 1.807) is 0 Å². The first-order valence-corrected chi connectivity index (χ1v) is 12.0. The van der Waals surface area contributed by atoms with Gasteiger partial charge in [0.1, 0.15) is 0 Å². The first-order valence-electron chi connectivity index (χ1n) is 10.6. The van der Waals surface area contributed by atoms with Crippen molar-refractivity contribution < 1.29 is 56.2 Å². The van der Waals surface area contributed by atoms with Gasteiger partial charge >= 0.3 is 35.5 Å². The van der Waals surface area contributed by atoms with Crippen LogP contribution in [0.1, 0.15) is 110 Å². The summed E-state index contributed by atoms with van der Waals surface area (Å²) in [6.45, 7) is 4.09. The molecule has 0 aromatic carbocycles. The molecule has 0 radical (unpaired) electrons. The Morgan fingerprint density at radius 1 is 0.821 bits per heavy atom. The predicted molar refractivity (Wildman–Crippen MR) is 106 cm³/mol. The van der Waals surface area contributed by atoms with Gasteiger partial charge in [-0.05, 0) is 19.3 Å². The molecule has 0 bridgehead atoms. The van der Waals surface area contributed by atoms with E-state index in [0.717, 1.165) is 64.2 Å². The molecule has 8 heteroatoms. The minimum atomic E-state index is -4.63. The number of ether oxygens (including phenoxy) is 1. The molecular formula is C20H39NaO6S. The first kappa shape index (κ1) is 30.5. The summed E-state index contributed by atoms with van der Waals surface area (Å²) in [7, 11) is -4.63. The van der Waals surface area contributed by atoms with Gasteiger partial charge in [0.25, 0.3) is 0 Å². The Balaban J connectivity index is 0. The zero-order valence-corrected chi connectivity index (χ0v) is 21.1. The summed E-state index contributed by atoms with van der Waals surface area (Å²) in [5, 5.41) is 0. The van der Waals surface area contributed by atoms with E-state index in [4.69, 9.17) is 8.92 Å². The van der Waals surface area contributed by atoms with Crippen molar-refractivity contribution in [3.8, 4) is 0 Å². The maximum atomic E-state index is 10.9. The van der Waals surface area contributed by atoms with Crippen LogP contribution in [0.25, 0.3) is 0 Å². The molecule has 0 saturated carbocycles. The summed E-state index contributed by atoms with van der Waals surface area (Å²) >= 11 is 0. The Morgan fingerprint density at radius 2 is 1.25 bits per heavy atom. The van der Waals surface area contributed by atoms with Gasteiger partial charge < -0.3 is 9.29 Å². The SMILES string of the molecule is CCCCCCCCC(CCCCCCCCCOC(C)=O)OS(=O)(=O)[O-].[Na+]. The summed E-state index contributed by atoms with van der Waals surface area (Å²) < 4.78 is 42.3. The van der Waals surface area contributed by atoms with Gasteiger partial charge in [-0.1, -0.05) is 84.0 Å². The zero-order chi connectivity index (χ0) is 20.4. The number of rotatable bonds is 19. The van der Waals surface area contributed by atoms with Crippen molar-refractivity contribution in [3.05, 3.63) is 0 Å². The number of carbonyl (C=O) groups is 1. The van der Waals surface area contributed by atoms with Gasteiger partial charge in [0.15, 0.2) is 0 Å². The smallest absolute Gasteiger partial charge is 0.726 e. The van der Waals surface area contributed by atoms with Gasteiger partial charge in [-0.3, -0.25) is 8.98 Å². The van der Waals surface area contributed by atoms with E-state index in [9.17, 15) is 17.8 Å². The molecule has 0 aliphatic rings. The molecule has 162 valence electrons. The standard InChI is InChI=1S/C20H40O6S.Na/c1-3-4-5-6-10-13-16-20(26-27(22,23)24)17-14-11-8-7-9-12-15-18-25-19(2)21;/h20H,3-18H2,1-2H3,(H,22,23,24);/q;+1/p-1. The van der Waals surface area contributed by atoms with E-state index < -0.39 is 16.5 Å². The zero-order valence-electron chi connectivity index (χ0n) is 18.2. The molecule has 1 unspecified atom stereocenters. The van der Waals surface area contributed by atoms with Crippen LogP contribution in [0.4, 0.5) is 0 Å². The largest absolute Gasteiger partial charge is 1.00 e. The quantitative estimate of drug-likeness (QED) is 0.103. The van der Waals surface area contributed by atoms with E-state index >= 15 is 0 Å². The van der Waals surface area contributed by atoms with Crippen LogP contribution in [0.3, 0.4) is 0 Å². The van der Waals surface area contributed by atoms with E-state index in [1.807, 2.05) is 0 Å². The number of esters is 1. The fourth-order valence-corrected chi connectivity index (χ4v) is 3.66. The van der Waals surface area contributed by atoms with Gasteiger partial charge in [0.05, 0.1) is 12.7 Å². The molecule has 0 N–H and O–H groups in total. The van der Waals surface area contributed by atoms with Crippen molar-refractivity contribution in [2.24, 2.45) is 0 Å². The Bertz CT molecular complexity index is 456. The third-order valence-electron chi connectivity index (χ3n) is 4.61. The maximum Gasteiger partial charge on any atom is 1.00 e. The van der Waals surface area contributed by atoms with Crippen molar-refractivity contribution in [2.45, 2.75) is 116 Å². The Kier molecular flexibility index (Phi) is 22.5. The van der Waals surface area contributed by atoms with Crippen molar-refractivity contribution in [1.29, 1.82) is 0 Å². The second kappa shape index (κ2) is 20.6. The van der Waals surface area contributed by atoms with Gasteiger partial charge in [-0.25, -0.2) is 8.42 Å². The molecule has 0 aromatic heterocycles. The normalized spacial score (nSPS) is 12.4. The van der Waals surface area contributed by atoms with Crippen LogP contribution in [0.5, 0.6) is 0 Å². The Morgan fingerprint density at radius 3 is 1.68 bits per heavy atom. The van der Waals surface area contributed by atoms with Crippen LogP contribution in [0, 0.1) is 0 Å². The molecule has 0 saturated heterocycles. The van der Waals surface area contributed by atoms with Crippen molar-refractivity contribution in [2.75, 3.05) is 6.61 Å². The van der Waals surface area contributed by atoms with Gasteiger partial charge in [-0.2, -0.15) is 0 Å². The third kappa shape index (κ3) is 24.4. The molecule has 0 aliphatic heterocycles. The third-order valence-corrected chi connectivity index (χ3v) is 5.12. The maximum absolute atomic E-state index is 10.9. The summed E-state index contributed by atoms with van der Waals surface area (Å²) in [4.78, 5) is 10.6.